The number of carbonyl (C=O) groups is 2. The van der Waals surface area contributed by atoms with Gasteiger partial charge in [-0.1, -0.05) is 0 Å². The van der Waals surface area contributed by atoms with Crippen LogP contribution in [0.5, 0.6) is 11.5 Å². The van der Waals surface area contributed by atoms with Gasteiger partial charge in [-0.3, -0.25) is 4.79 Å². The van der Waals surface area contributed by atoms with Crippen molar-refractivity contribution in [2.24, 2.45) is 0 Å². The summed E-state index contributed by atoms with van der Waals surface area (Å²) in [6.07, 6.45) is 0. The highest BCUT2D eigenvalue weighted by Crippen LogP contribution is 2.18. The molecule has 1 saturated heterocycles. The van der Waals surface area contributed by atoms with Crippen LogP contribution in [0.25, 0.3) is 0 Å². The summed E-state index contributed by atoms with van der Waals surface area (Å²) in [6, 6.07) is 5.94. The molecule has 0 spiro atoms. The van der Waals surface area contributed by atoms with Gasteiger partial charge in [0.1, 0.15) is 11.5 Å². The van der Waals surface area contributed by atoms with E-state index in [1.165, 1.54) is 4.90 Å². The van der Waals surface area contributed by atoms with Gasteiger partial charge in [0, 0.05) is 6.54 Å². The van der Waals surface area contributed by atoms with Crippen molar-refractivity contribution in [1.29, 1.82) is 0 Å². The van der Waals surface area contributed by atoms with Crippen LogP contribution in [0.1, 0.15) is 6.92 Å². The molecule has 2 rings (SSSR count). The van der Waals surface area contributed by atoms with Crippen molar-refractivity contribution < 1.29 is 28.9 Å². The number of aliphatic carboxylic acids is 1. The van der Waals surface area contributed by atoms with Crippen LogP contribution in [-0.2, 0) is 14.3 Å². The topological polar surface area (TPSA) is 85.3 Å². The van der Waals surface area contributed by atoms with Gasteiger partial charge in [0.05, 0.1) is 19.8 Å². The van der Waals surface area contributed by atoms with E-state index in [9.17, 15) is 9.59 Å². The fourth-order valence-electron chi connectivity index (χ4n) is 2.13. The van der Waals surface area contributed by atoms with Crippen LogP contribution in [-0.4, -0.2) is 60.9 Å². The van der Waals surface area contributed by atoms with Crippen LogP contribution in [0, 0.1) is 0 Å². The maximum absolute atomic E-state index is 12.1. The summed E-state index contributed by atoms with van der Waals surface area (Å²) in [5.74, 6) is -0.198. The molecule has 120 valence electrons. The van der Waals surface area contributed by atoms with Gasteiger partial charge in [0.15, 0.2) is 12.6 Å². The third-order valence-electron chi connectivity index (χ3n) is 3.23. The van der Waals surface area contributed by atoms with Crippen molar-refractivity contribution in [2.45, 2.75) is 13.0 Å². The molecule has 1 atom stereocenters. The maximum Gasteiger partial charge on any atom is 0.328 e. The fourth-order valence-corrected chi connectivity index (χ4v) is 2.13. The van der Waals surface area contributed by atoms with E-state index in [0.29, 0.717) is 19.0 Å². The first-order valence-electron chi connectivity index (χ1n) is 7.07. The smallest absolute Gasteiger partial charge is 0.328 e. The van der Waals surface area contributed by atoms with Gasteiger partial charge in [-0.15, -0.1) is 0 Å². The highest BCUT2D eigenvalue weighted by atomic mass is 16.5. The van der Waals surface area contributed by atoms with Crippen molar-refractivity contribution in [1.82, 2.24) is 4.90 Å². The lowest BCUT2D eigenvalue weighted by molar-refractivity contribution is -0.159. The summed E-state index contributed by atoms with van der Waals surface area (Å²) < 4.78 is 15.8. The Morgan fingerprint density at radius 2 is 1.91 bits per heavy atom. The van der Waals surface area contributed by atoms with Crippen molar-refractivity contribution in [2.75, 3.05) is 33.0 Å². The second-order valence-electron chi connectivity index (χ2n) is 4.71. The molecule has 1 N–H and O–H groups in total. The highest BCUT2D eigenvalue weighted by molar-refractivity contribution is 5.84. The minimum absolute atomic E-state index is 0.00409. The van der Waals surface area contributed by atoms with E-state index < -0.39 is 12.0 Å². The van der Waals surface area contributed by atoms with Crippen molar-refractivity contribution in [3.8, 4) is 11.5 Å². The van der Waals surface area contributed by atoms with Gasteiger partial charge in [-0.25, -0.2) is 4.79 Å². The number of carbonyl (C=O) groups excluding carboxylic acids is 1. The molecule has 7 nitrogen and oxygen atoms in total. The Balaban J connectivity index is 1.89. The summed E-state index contributed by atoms with van der Waals surface area (Å²) in [5.41, 5.74) is 0. The molecule has 0 aromatic heterocycles. The summed E-state index contributed by atoms with van der Waals surface area (Å²) in [5, 5.41) is 9.10. The number of nitrogens with zero attached hydrogens (tertiary/aromatic N) is 1. The minimum Gasteiger partial charge on any atom is -0.494 e. The van der Waals surface area contributed by atoms with Crippen molar-refractivity contribution in [3.63, 3.8) is 0 Å². The quantitative estimate of drug-likeness (QED) is 0.835. The van der Waals surface area contributed by atoms with Gasteiger partial charge in [0.25, 0.3) is 5.91 Å². The van der Waals surface area contributed by atoms with Gasteiger partial charge in [-0.05, 0) is 31.2 Å². The first-order chi connectivity index (χ1) is 10.6. The molecule has 1 heterocycles. The zero-order valence-corrected chi connectivity index (χ0v) is 12.4. The maximum atomic E-state index is 12.1. The number of benzene rings is 1. The summed E-state index contributed by atoms with van der Waals surface area (Å²) in [7, 11) is 0. The second kappa shape index (κ2) is 7.65. The summed E-state index contributed by atoms with van der Waals surface area (Å²) in [6.45, 7) is 2.85. The predicted octanol–water partition coefficient (Wildman–Crippen LogP) is 0.776. The SMILES string of the molecule is CCOc1ccc(OCC(=O)N2CCOCC2C(=O)O)cc1. The molecule has 1 aromatic rings. The third kappa shape index (κ3) is 4.11. The molecule has 1 aromatic carbocycles. The first-order valence-corrected chi connectivity index (χ1v) is 7.07. The number of ether oxygens (including phenoxy) is 3. The van der Waals surface area contributed by atoms with Crippen LogP contribution < -0.4 is 9.47 Å². The molecule has 1 unspecified atom stereocenters. The summed E-state index contributed by atoms with van der Waals surface area (Å²) >= 11 is 0. The van der Waals surface area contributed by atoms with Crippen LogP contribution in [0.3, 0.4) is 0 Å². The van der Waals surface area contributed by atoms with Crippen molar-refractivity contribution >= 4 is 11.9 Å². The van der Waals surface area contributed by atoms with Crippen molar-refractivity contribution in [3.05, 3.63) is 24.3 Å². The fraction of sp³-hybridized carbons (Fsp3) is 0.467. The van der Waals surface area contributed by atoms with Crippen LogP contribution in [0.4, 0.5) is 0 Å². The van der Waals surface area contributed by atoms with Crippen LogP contribution in [0.15, 0.2) is 24.3 Å². The highest BCUT2D eigenvalue weighted by Gasteiger charge is 2.32. The first kappa shape index (κ1) is 16.1. The average Bonchev–Trinajstić information content (AvgIpc) is 2.54. The minimum atomic E-state index is -1.07. The Kier molecular flexibility index (Phi) is 5.60. The number of carboxylic acids is 1. The Labute approximate surface area is 128 Å². The molecule has 0 saturated carbocycles. The van der Waals surface area contributed by atoms with E-state index in [1.54, 1.807) is 24.3 Å². The molecule has 1 aliphatic rings. The third-order valence-corrected chi connectivity index (χ3v) is 3.23. The van der Waals surface area contributed by atoms with E-state index in [0.717, 1.165) is 5.75 Å². The molecule has 0 bridgehead atoms. The van der Waals surface area contributed by atoms with Gasteiger partial charge < -0.3 is 24.2 Å². The Hall–Kier alpha value is -2.28. The number of carboxylic acid groups (broad SMARTS) is 1. The molecule has 7 heteroatoms. The zero-order chi connectivity index (χ0) is 15.9. The molecular formula is C15H19NO6. The van der Waals surface area contributed by atoms with E-state index >= 15 is 0 Å². The summed E-state index contributed by atoms with van der Waals surface area (Å²) in [4.78, 5) is 24.5. The Morgan fingerprint density at radius 1 is 1.27 bits per heavy atom. The number of amides is 1. The monoisotopic (exact) mass is 309 g/mol. The predicted molar refractivity (Wildman–Crippen MR) is 77.1 cm³/mol. The zero-order valence-electron chi connectivity index (χ0n) is 12.4. The van der Waals surface area contributed by atoms with E-state index in [-0.39, 0.29) is 25.7 Å². The number of hydrogen-bond acceptors (Lipinski definition) is 5. The van der Waals surface area contributed by atoms with Gasteiger partial charge >= 0.3 is 5.97 Å². The van der Waals surface area contributed by atoms with E-state index in [4.69, 9.17) is 19.3 Å². The normalized spacial score (nSPS) is 17.9. The molecular weight excluding hydrogens is 290 g/mol. The van der Waals surface area contributed by atoms with E-state index in [2.05, 4.69) is 0 Å². The standard InChI is InChI=1S/C15H19NO6/c1-2-21-11-3-5-12(6-4-11)22-10-14(17)16-7-8-20-9-13(16)15(18)19/h3-6,13H,2,7-10H2,1H3,(H,18,19). The lowest BCUT2D eigenvalue weighted by atomic mass is 10.2. The molecule has 0 radical (unpaired) electrons. The lowest BCUT2D eigenvalue weighted by Gasteiger charge is -2.32. The number of morpholine rings is 1. The number of rotatable bonds is 6. The molecule has 1 aliphatic heterocycles. The average molecular weight is 309 g/mol. The second-order valence-corrected chi connectivity index (χ2v) is 4.71. The largest absolute Gasteiger partial charge is 0.494 e. The van der Waals surface area contributed by atoms with Crippen LogP contribution >= 0.6 is 0 Å². The molecule has 1 fully saturated rings. The van der Waals surface area contributed by atoms with Crippen LogP contribution in [0.2, 0.25) is 0 Å². The molecule has 0 aliphatic carbocycles. The Bertz CT molecular complexity index is 515. The molecule has 22 heavy (non-hydrogen) atoms. The Morgan fingerprint density at radius 3 is 2.50 bits per heavy atom. The lowest BCUT2D eigenvalue weighted by Crippen LogP contribution is -2.53. The van der Waals surface area contributed by atoms with E-state index in [1.807, 2.05) is 6.92 Å². The number of hydrogen-bond donors (Lipinski definition) is 1. The van der Waals surface area contributed by atoms with Gasteiger partial charge in [-0.2, -0.15) is 0 Å². The molecule has 1 amide bonds. The van der Waals surface area contributed by atoms with Gasteiger partial charge in [0.2, 0.25) is 0 Å².